The van der Waals surface area contributed by atoms with E-state index < -0.39 is 0 Å². The topological polar surface area (TPSA) is 15.7 Å². The van der Waals surface area contributed by atoms with E-state index >= 15 is 0 Å². The van der Waals surface area contributed by atoms with Crippen LogP contribution in [-0.4, -0.2) is 62.3 Å². The Morgan fingerprint density at radius 1 is 0.667 bits per heavy atom. The Morgan fingerprint density at radius 2 is 1.07 bits per heavy atom. The molecule has 0 aromatic heterocycles. The zero-order valence-corrected chi connectivity index (χ0v) is 9.79. The molecule has 0 radical (unpaired) electrons. The molecule has 15 heavy (non-hydrogen) atoms. The van der Waals surface area contributed by atoms with Crippen molar-refractivity contribution >= 4 is 0 Å². The van der Waals surface area contributed by atoms with Crippen LogP contribution in [0, 0.1) is 0 Å². The number of hydrogen-bond acceptors (Lipinski definition) is 3. The SMILES string of the molecule is C1CCN(CCOCCN2CCCC2)C1. The van der Waals surface area contributed by atoms with E-state index in [1.807, 2.05) is 0 Å². The van der Waals surface area contributed by atoms with Crippen LogP contribution in [0.15, 0.2) is 0 Å². The smallest absolute Gasteiger partial charge is 0.0594 e. The molecule has 0 spiro atoms. The third kappa shape index (κ3) is 4.09. The molecule has 2 saturated heterocycles. The molecule has 2 heterocycles. The Morgan fingerprint density at radius 3 is 1.47 bits per heavy atom. The van der Waals surface area contributed by atoms with Gasteiger partial charge < -0.3 is 14.5 Å². The Bertz CT molecular complexity index is 145. The molecular weight excluding hydrogens is 188 g/mol. The molecule has 0 aromatic carbocycles. The summed E-state index contributed by atoms with van der Waals surface area (Å²) in [6.45, 7) is 9.28. The van der Waals surface area contributed by atoms with E-state index in [4.69, 9.17) is 4.74 Å². The Labute approximate surface area is 93.4 Å². The minimum Gasteiger partial charge on any atom is -0.379 e. The molecule has 3 heteroatoms. The first-order chi connectivity index (χ1) is 7.45. The van der Waals surface area contributed by atoms with Crippen molar-refractivity contribution in [1.29, 1.82) is 0 Å². The lowest BCUT2D eigenvalue weighted by atomic mass is 10.4. The molecule has 2 fully saturated rings. The zero-order chi connectivity index (χ0) is 10.3. The summed E-state index contributed by atoms with van der Waals surface area (Å²) < 4.78 is 5.67. The number of likely N-dealkylation sites (tertiary alicyclic amines) is 2. The van der Waals surface area contributed by atoms with Crippen molar-refractivity contribution < 1.29 is 4.74 Å². The maximum atomic E-state index is 5.67. The zero-order valence-electron chi connectivity index (χ0n) is 9.79. The second kappa shape index (κ2) is 6.46. The fourth-order valence-electron chi connectivity index (χ4n) is 2.50. The summed E-state index contributed by atoms with van der Waals surface area (Å²) in [5.74, 6) is 0. The number of hydrogen-bond donors (Lipinski definition) is 0. The van der Waals surface area contributed by atoms with Gasteiger partial charge in [0, 0.05) is 13.1 Å². The molecule has 88 valence electrons. The molecule has 0 N–H and O–H groups in total. The number of nitrogens with zero attached hydrogens (tertiary/aromatic N) is 2. The first-order valence-corrected chi connectivity index (χ1v) is 6.47. The first kappa shape index (κ1) is 11.4. The molecule has 2 rings (SSSR count). The molecule has 0 atom stereocenters. The van der Waals surface area contributed by atoms with E-state index in [1.165, 1.54) is 51.9 Å². The van der Waals surface area contributed by atoms with Crippen LogP contribution in [0.3, 0.4) is 0 Å². The number of ether oxygens (including phenoxy) is 1. The molecule has 0 bridgehead atoms. The van der Waals surface area contributed by atoms with Crippen LogP contribution in [0.2, 0.25) is 0 Å². The van der Waals surface area contributed by atoms with Crippen molar-refractivity contribution in [3.63, 3.8) is 0 Å². The van der Waals surface area contributed by atoms with Gasteiger partial charge in [0.1, 0.15) is 0 Å². The summed E-state index contributed by atoms with van der Waals surface area (Å²) in [4.78, 5) is 5.02. The van der Waals surface area contributed by atoms with Crippen LogP contribution in [0.25, 0.3) is 0 Å². The molecule has 0 unspecified atom stereocenters. The molecule has 0 aliphatic carbocycles. The van der Waals surface area contributed by atoms with Gasteiger partial charge in [-0.05, 0) is 51.9 Å². The van der Waals surface area contributed by atoms with Gasteiger partial charge in [-0.1, -0.05) is 0 Å². The Hall–Kier alpha value is -0.120. The van der Waals surface area contributed by atoms with Gasteiger partial charge in [-0.25, -0.2) is 0 Å². The van der Waals surface area contributed by atoms with Crippen molar-refractivity contribution in [2.24, 2.45) is 0 Å². The van der Waals surface area contributed by atoms with Gasteiger partial charge >= 0.3 is 0 Å². The van der Waals surface area contributed by atoms with E-state index in [0.717, 1.165) is 26.3 Å². The third-order valence-corrected chi connectivity index (χ3v) is 3.50. The standard InChI is InChI=1S/C12H24N2O/c1-2-6-13(5-1)9-11-15-12-10-14-7-3-4-8-14/h1-12H2. The van der Waals surface area contributed by atoms with Crippen molar-refractivity contribution in [2.45, 2.75) is 25.7 Å². The Kier molecular flexibility index (Phi) is 4.90. The predicted molar refractivity (Wildman–Crippen MR) is 62.2 cm³/mol. The van der Waals surface area contributed by atoms with Crippen molar-refractivity contribution in [3.05, 3.63) is 0 Å². The maximum Gasteiger partial charge on any atom is 0.0594 e. The van der Waals surface area contributed by atoms with Gasteiger partial charge in [0.05, 0.1) is 13.2 Å². The van der Waals surface area contributed by atoms with E-state index in [2.05, 4.69) is 9.80 Å². The summed E-state index contributed by atoms with van der Waals surface area (Å²) in [5, 5.41) is 0. The predicted octanol–water partition coefficient (Wildman–Crippen LogP) is 1.19. The molecule has 2 aliphatic heterocycles. The van der Waals surface area contributed by atoms with E-state index in [0.29, 0.717) is 0 Å². The molecule has 3 nitrogen and oxygen atoms in total. The van der Waals surface area contributed by atoms with Gasteiger partial charge in [-0.3, -0.25) is 0 Å². The first-order valence-electron chi connectivity index (χ1n) is 6.47. The highest BCUT2D eigenvalue weighted by Crippen LogP contribution is 2.07. The maximum absolute atomic E-state index is 5.67. The minimum atomic E-state index is 0.924. The van der Waals surface area contributed by atoms with Gasteiger partial charge in [0.15, 0.2) is 0 Å². The van der Waals surface area contributed by atoms with Crippen LogP contribution >= 0.6 is 0 Å². The highest BCUT2D eigenvalue weighted by atomic mass is 16.5. The second-order valence-corrected chi connectivity index (χ2v) is 4.71. The summed E-state index contributed by atoms with van der Waals surface area (Å²) in [5.41, 5.74) is 0. The fraction of sp³-hybridized carbons (Fsp3) is 1.00. The molecular formula is C12H24N2O. The van der Waals surface area contributed by atoms with E-state index in [9.17, 15) is 0 Å². The fourth-order valence-corrected chi connectivity index (χ4v) is 2.50. The highest BCUT2D eigenvalue weighted by Gasteiger charge is 2.12. The summed E-state index contributed by atoms with van der Waals surface area (Å²) >= 11 is 0. The van der Waals surface area contributed by atoms with Crippen LogP contribution in [0.4, 0.5) is 0 Å². The lowest BCUT2D eigenvalue weighted by Gasteiger charge is -2.16. The molecule has 2 aliphatic rings. The van der Waals surface area contributed by atoms with E-state index in [1.54, 1.807) is 0 Å². The van der Waals surface area contributed by atoms with Gasteiger partial charge in [0.2, 0.25) is 0 Å². The number of rotatable bonds is 6. The normalized spacial score (nSPS) is 24.0. The molecule has 0 amide bonds. The monoisotopic (exact) mass is 212 g/mol. The van der Waals surface area contributed by atoms with Crippen molar-refractivity contribution in [1.82, 2.24) is 9.80 Å². The lowest BCUT2D eigenvalue weighted by Crippen LogP contribution is -2.27. The quantitative estimate of drug-likeness (QED) is 0.615. The molecule has 0 saturated carbocycles. The van der Waals surface area contributed by atoms with Gasteiger partial charge in [-0.2, -0.15) is 0 Å². The highest BCUT2D eigenvalue weighted by molar-refractivity contribution is 4.66. The van der Waals surface area contributed by atoms with E-state index in [-0.39, 0.29) is 0 Å². The third-order valence-electron chi connectivity index (χ3n) is 3.50. The van der Waals surface area contributed by atoms with Crippen molar-refractivity contribution in [2.75, 3.05) is 52.5 Å². The van der Waals surface area contributed by atoms with Crippen LogP contribution in [-0.2, 0) is 4.74 Å². The van der Waals surface area contributed by atoms with Gasteiger partial charge in [0.25, 0.3) is 0 Å². The van der Waals surface area contributed by atoms with Crippen molar-refractivity contribution in [3.8, 4) is 0 Å². The summed E-state index contributed by atoms with van der Waals surface area (Å²) in [7, 11) is 0. The second-order valence-electron chi connectivity index (χ2n) is 4.71. The largest absolute Gasteiger partial charge is 0.379 e. The molecule has 0 aromatic rings. The summed E-state index contributed by atoms with van der Waals surface area (Å²) in [6.07, 6.45) is 5.53. The summed E-state index contributed by atoms with van der Waals surface area (Å²) in [6, 6.07) is 0. The Balaban J connectivity index is 1.41. The van der Waals surface area contributed by atoms with Crippen LogP contribution < -0.4 is 0 Å². The van der Waals surface area contributed by atoms with Gasteiger partial charge in [-0.15, -0.1) is 0 Å². The lowest BCUT2D eigenvalue weighted by molar-refractivity contribution is 0.0935. The van der Waals surface area contributed by atoms with Crippen LogP contribution in [0.1, 0.15) is 25.7 Å². The average Bonchev–Trinajstić information content (AvgIpc) is 2.88. The van der Waals surface area contributed by atoms with Crippen LogP contribution in [0.5, 0.6) is 0 Å². The average molecular weight is 212 g/mol. The minimum absolute atomic E-state index is 0.924.